The van der Waals surface area contributed by atoms with E-state index in [1.807, 2.05) is 25.7 Å². The molecule has 2 aliphatic rings. The number of benzene rings is 1. The second-order valence-corrected chi connectivity index (χ2v) is 8.05. The number of piperidine rings is 1. The fourth-order valence-electron chi connectivity index (χ4n) is 3.73. The van der Waals surface area contributed by atoms with E-state index in [1.54, 1.807) is 0 Å². The number of amides is 1. The number of ether oxygens (including phenoxy) is 1. The third-order valence-electron chi connectivity index (χ3n) is 5.11. The average Bonchev–Trinajstić information content (AvgIpc) is 2.73. The minimum absolute atomic E-state index is 0.0793. The van der Waals surface area contributed by atoms with Crippen LogP contribution in [-0.2, 0) is 10.2 Å². The Morgan fingerprint density at radius 3 is 2.39 bits per heavy atom. The first kappa shape index (κ1) is 16.3. The molecule has 0 saturated carbocycles. The molecular weight excluding hydrogens is 288 g/mol. The van der Waals surface area contributed by atoms with Gasteiger partial charge < -0.3 is 10.1 Å². The summed E-state index contributed by atoms with van der Waals surface area (Å²) in [5.41, 5.74) is 4.50. The standard InChI is InChI=1S/C19H28N2O2/c1-13-10-15-16(11-14(13)2)21(17(22)23-18(3,4)5)12-19(15)6-8-20-9-7-19/h10-11,20H,6-9,12H2,1-5H3. The lowest BCUT2D eigenvalue weighted by atomic mass is 9.74. The molecule has 0 radical (unpaired) electrons. The molecule has 1 spiro atoms. The van der Waals surface area contributed by atoms with E-state index < -0.39 is 5.60 Å². The second kappa shape index (κ2) is 5.52. The third kappa shape index (κ3) is 2.97. The summed E-state index contributed by atoms with van der Waals surface area (Å²) in [4.78, 5) is 14.6. The minimum atomic E-state index is -0.471. The largest absolute Gasteiger partial charge is 0.443 e. The number of carbonyl (C=O) groups excluding carboxylic acids is 1. The van der Waals surface area contributed by atoms with Crippen molar-refractivity contribution in [2.75, 3.05) is 24.5 Å². The fourth-order valence-corrected chi connectivity index (χ4v) is 3.73. The van der Waals surface area contributed by atoms with Crippen LogP contribution in [0.1, 0.15) is 50.3 Å². The molecule has 2 aliphatic heterocycles. The molecule has 1 aromatic carbocycles. The van der Waals surface area contributed by atoms with Gasteiger partial charge in [0.05, 0.1) is 5.69 Å². The summed E-state index contributed by atoms with van der Waals surface area (Å²) in [6.07, 6.45) is 1.92. The highest BCUT2D eigenvalue weighted by Crippen LogP contribution is 2.47. The fraction of sp³-hybridized carbons (Fsp3) is 0.632. The highest BCUT2D eigenvalue weighted by Gasteiger charge is 2.46. The average molecular weight is 316 g/mol. The molecule has 1 fully saturated rings. The Morgan fingerprint density at radius 2 is 1.78 bits per heavy atom. The molecule has 0 atom stereocenters. The van der Waals surface area contributed by atoms with Crippen molar-refractivity contribution in [3.8, 4) is 0 Å². The summed E-state index contributed by atoms with van der Waals surface area (Å²) in [5.74, 6) is 0. The molecule has 0 unspecified atom stereocenters. The Morgan fingerprint density at radius 1 is 1.17 bits per heavy atom. The van der Waals surface area contributed by atoms with Gasteiger partial charge in [0.25, 0.3) is 0 Å². The van der Waals surface area contributed by atoms with Gasteiger partial charge in [-0.1, -0.05) is 6.07 Å². The number of nitrogens with one attached hydrogen (secondary N) is 1. The van der Waals surface area contributed by atoms with E-state index in [9.17, 15) is 4.79 Å². The number of fused-ring (bicyclic) bond motifs is 2. The van der Waals surface area contributed by atoms with Crippen molar-refractivity contribution in [3.63, 3.8) is 0 Å². The first-order valence-electron chi connectivity index (χ1n) is 8.55. The topological polar surface area (TPSA) is 41.6 Å². The van der Waals surface area contributed by atoms with Gasteiger partial charge in [-0.3, -0.25) is 4.90 Å². The van der Waals surface area contributed by atoms with E-state index in [2.05, 4.69) is 31.3 Å². The maximum absolute atomic E-state index is 12.7. The van der Waals surface area contributed by atoms with Gasteiger partial charge in [0.15, 0.2) is 0 Å². The van der Waals surface area contributed by atoms with Crippen LogP contribution in [0.25, 0.3) is 0 Å². The highest BCUT2D eigenvalue weighted by molar-refractivity contribution is 5.92. The zero-order valence-corrected chi connectivity index (χ0v) is 15.0. The normalized spacial score (nSPS) is 19.8. The van der Waals surface area contributed by atoms with E-state index in [0.29, 0.717) is 0 Å². The Labute approximate surface area is 139 Å². The summed E-state index contributed by atoms with van der Waals surface area (Å²) in [6.45, 7) is 12.8. The van der Waals surface area contributed by atoms with Crippen LogP contribution < -0.4 is 10.2 Å². The molecule has 3 rings (SSSR count). The highest BCUT2D eigenvalue weighted by atomic mass is 16.6. The van der Waals surface area contributed by atoms with Crippen molar-refractivity contribution in [2.45, 2.75) is 58.5 Å². The van der Waals surface area contributed by atoms with Gasteiger partial charge >= 0.3 is 6.09 Å². The Hall–Kier alpha value is -1.55. The maximum Gasteiger partial charge on any atom is 0.414 e. The molecule has 0 aromatic heterocycles. The number of hydrogen-bond acceptors (Lipinski definition) is 3. The van der Waals surface area contributed by atoms with E-state index in [0.717, 1.165) is 38.2 Å². The van der Waals surface area contributed by atoms with Gasteiger partial charge in [-0.15, -0.1) is 0 Å². The lowest BCUT2D eigenvalue weighted by molar-refractivity contribution is 0.0575. The molecule has 2 heterocycles. The number of aryl methyl sites for hydroxylation is 2. The first-order valence-corrected chi connectivity index (χ1v) is 8.55. The van der Waals surface area contributed by atoms with E-state index in [-0.39, 0.29) is 11.5 Å². The van der Waals surface area contributed by atoms with E-state index in [1.165, 1.54) is 16.7 Å². The monoisotopic (exact) mass is 316 g/mol. The van der Waals surface area contributed by atoms with Crippen LogP contribution in [0.4, 0.5) is 10.5 Å². The van der Waals surface area contributed by atoms with Crippen molar-refractivity contribution in [3.05, 3.63) is 28.8 Å². The van der Waals surface area contributed by atoms with Crippen LogP contribution in [0.5, 0.6) is 0 Å². The molecule has 126 valence electrons. The van der Waals surface area contributed by atoms with Gasteiger partial charge in [-0.05, 0) is 83.3 Å². The third-order valence-corrected chi connectivity index (χ3v) is 5.11. The first-order chi connectivity index (χ1) is 10.7. The lowest BCUT2D eigenvalue weighted by Crippen LogP contribution is -2.45. The summed E-state index contributed by atoms with van der Waals surface area (Å²) >= 11 is 0. The van der Waals surface area contributed by atoms with Crippen molar-refractivity contribution in [1.82, 2.24) is 5.32 Å². The van der Waals surface area contributed by atoms with Crippen LogP contribution in [0.2, 0.25) is 0 Å². The Bertz CT molecular complexity index is 625. The van der Waals surface area contributed by atoms with Crippen molar-refractivity contribution in [1.29, 1.82) is 0 Å². The molecule has 0 bridgehead atoms. The van der Waals surface area contributed by atoms with Crippen LogP contribution in [0, 0.1) is 13.8 Å². The minimum Gasteiger partial charge on any atom is -0.443 e. The second-order valence-electron chi connectivity index (χ2n) is 8.05. The molecule has 1 aromatic rings. The van der Waals surface area contributed by atoms with E-state index >= 15 is 0 Å². The van der Waals surface area contributed by atoms with Crippen molar-refractivity contribution < 1.29 is 9.53 Å². The van der Waals surface area contributed by atoms with Gasteiger partial charge in [-0.25, -0.2) is 4.79 Å². The number of hydrogen-bond donors (Lipinski definition) is 1. The van der Waals surface area contributed by atoms with Crippen LogP contribution in [0.3, 0.4) is 0 Å². The summed E-state index contributed by atoms with van der Waals surface area (Å²) < 4.78 is 5.65. The molecule has 1 amide bonds. The Kier molecular flexibility index (Phi) is 3.91. The molecule has 0 aliphatic carbocycles. The van der Waals surface area contributed by atoms with Crippen LogP contribution in [-0.4, -0.2) is 31.3 Å². The SMILES string of the molecule is Cc1cc2c(cc1C)C1(CCNCC1)CN2C(=O)OC(C)(C)C. The van der Waals surface area contributed by atoms with Crippen LogP contribution in [0.15, 0.2) is 12.1 Å². The van der Waals surface area contributed by atoms with Gasteiger partial charge in [-0.2, -0.15) is 0 Å². The number of rotatable bonds is 0. The molecule has 4 nitrogen and oxygen atoms in total. The van der Waals surface area contributed by atoms with Gasteiger partial charge in [0.2, 0.25) is 0 Å². The lowest BCUT2D eigenvalue weighted by Gasteiger charge is -2.35. The number of carbonyl (C=O) groups is 1. The Balaban J connectivity index is 2.02. The number of anilines is 1. The zero-order valence-electron chi connectivity index (χ0n) is 15.0. The molecule has 4 heteroatoms. The number of nitrogens with zero attached hydrogens (tertiary/aromatic N) is 1. The summed E-state index contributed by atoms with van der Waals surface area (Å²) in [7, 11) is 0. The molecule has 1 N–H and O–H groups in total. The van der Waals surface area contributed by atoms with Crippen molar-refractivity contribution >= 4 is 11.8 Å². The zero-order chi connectivity index (χ0) is 16.8. The van der Waals surface area contributed by atoms with E-state index in [4.69, 9.17) is 4.74 Å². The predicted molar refractivity (Wildman–Crippen MR) is 93.3 cm³/mol. The maximum atomic E-state index is 12.7. The predicted octanol–water partition coefficient (Wildman–Crippen LogP) is 3.68. The summed E-state index contributed by atoms with van der Waals surface area (Å²) in [5, 5.41) is 3.44. The quantitative estimate of drug-likeness (QED) is 0.794. The molecular formula is C19H28N2O2. The molecule has 1 saturated heterocycles. The molecule has 23 heavy (non-hydrogen) atoms. The smallest absolute Gasteiger partial charge is 0.414 e. The van der Waals surface area contributed by atoms with Crippen LogP contribution >= 0.6 is 0 Å². The van der Waals surface area contributed by atoms with Gasteiger partial charge in [0.1, 0.15) is 5.60 Å². The summed E-state index contributed by atoms with van der Waals surface area (Å²) in [6, 6.07) is 4.45. The van der Waals surface area contributed by atoms with Gasteiger partial charge in [0, 0.05) is 12.0 Å². The van der Waals surface area contributed by atoms with Crippen molar-refractivity contribution in [2.24, 2.45) is 0 Å².